The third-order valence-electron chi connectivity index (χ3n) is 13.1. The highest BCUT2D eigenvalue weighted by molar-refractivity contribution is 5.76. The molecule has 0 amide bonds. The number of allylic oxidation sites excluding steroid dienone is 3. The van der Waals surface area contributed by atoms with Gasteiger partial charge in [0.15, 0.2) is 0 Å². The van der Waals surface area contributed by atoms with Gasteiger partial charge in [-0.3, -0.25) is 4.79 Å². The van der Waals surface area contributed by atoms with Crippen LogP contribution in [0, 0.1) is 50.7 Å². The topological polar surface area (TPSA) is 57.5 Å². The van der Waals surface area contributed by atoms with Crippen molar-refractivity contribution in [3.8, 4) is 0 Å². The molecule has 0 aliphatic heterocycles. The second-order valence-corrected chi connectivity index (χ2v) is 14.0. The molecule has 0 heterocycles. The van der Waals surface area contributed by atoms with E-state index in [4.69, 9.17) is 0 Å². The van der Waals surface area contributed by atoms with E-state index in [0.717, 1.165) is 25.7 Å². The van der Waals surface area contributed by atoms with Crippen LogP contribution in [0.4, 0.5) is 0 Å². The third kappa shape index (κ3) is 2.69. The number of carboxylic acids is 1. The van der Waals surface area contributed by atoms with Gasteiger partial charge in [-0.1, -0.05) is 58.4 Å². The van der Waals surface area contributed by atoms with Gasteiger partial charge in [-0.15, -0.1) is 0 Å². The minimum Gasteiger partial charge on any atom is -0.481 e. The molecule has 3 unspecified atom stereocenters. The van der Waals surface area contributed by atoms with E-state index in [2.05, 4.69) is 47.3 Å². The predicted octanol–water partition coefficient (Wildman–Crippen LogP) is 7.01. The van der Waals surface area contributed by atoms with Gasteiger partial charge in [0.2, 0.25) is 0 Å². The Morgan fingerprint density at radius 1 is 1.00 bits per heavy atom. The molecular formula is C30H46O3. The van der Waals surface area contributed by atoms with Crippen molar-refractivity contribution in [3.63, 3.8) is 0 Å². The van der Waals surface area contributed by atoms with Crippen LogP contribution in [0.15, 0.2) is 23.8 Å². The van der Waals surface area contributed by atoms with E-state index < -0.39 is 17.5 Å². The molecule has 5 aliphatic carbocycles. The van der Waals surface area contributed by atoms with Crippen LogP contribution in [-0.2, 0) is 4.79 Å². The zero-order valence-electron chi connectivity index (χ0n) is 21.8. The summed E-state index contributed by atoms with van der Waals surface area (Å²) in [6.45, 7) is 18.8. The average Bonchev–Trinajstić information content (AvgIpc) is 2.75. The number of aliphatic hydroxyl groups is 1. The quantitative estimate of drug-likeness (QED) is 0.419. The summed E-state index contributed by atoms with van der Waals surface area (Å²) >= 11 is 0. The van der Waals surface area contributed by atoms with Crippen molar-refractivity contribution < 1.29 is 15.0 Å². The molecule has 3 nitrogen and oxygen atoms in total. The van der Waals surface area contributed by atoms with E-state index in [1.54, 1.807) is 5.57 Å². The predicted molar refractivity (Wildman–Crippen MR) is 133 cm³/mol. The second kappa shape index (κ2) is 6.99. The fourth-order valence-electron chi connectivity index (χ4n) is 10.5. The number of aliphatic hydroxyl groups excluding tert-OH is 1. The summed E-state index contributed by atoms with van der Waals surface area (Å²) in [5.74, 6) is 0.830. The molecule has 10 atom stereocenters. The fourth-order valence-corrected chi connectivity index (χ4v) is 10.5. The molecule has 5 aliphatic rings. The lowest BCUT2D eigenvalue weighted by molar-refractivity contribution is -0.216. The first-order valence-electron chi connectivity index (χ1n) is 13.6. The van der Waals surface area contributed by atoms with E-state index in [-0.39, 0.29) is 22.2 Å². The van der Waals surface area contributed by atoms with Crippen molar-refractivity contribution in [1.29, 1.82) is 0 Å². The lowest BCUT2D eigenvalue weighted by Gasteiger charge is -2.71. The molecule has 0 saturated heterocycles. The zero-order valence-corrected chi connectivity index (χ0v) is 21.8. The number of carboxylic acid groups (broad SMARTS) is 1. The lowest BCUT2D eigenvalue weighted by atomic mass is 9.33. The summed E-state index contributed by atoms with van der Waals surface area (Å²) in [5, 5.41) is 21.1. The minimum atomic E-state index is -1.04. The van der Waals surface area contributed by atoms with Gasteiger partial charge in [0, 0.05) is 0 Å². The third-order valence-corrected chi connectivity index (χ3v) is 13.1. The van der Waals surface area contributed by atoms with E-state index in [9.17, 15) is 15.0 Å². The number of hydrogen-bond donors (Lipinski definition) is 2. The zero-order chi connectivity index (χ0) is 24.2. The number of aliphatic carboxylic acids is 1. The maximum atomic E-state index is 12.5. The highest BCUT2D eigenvalue weighted by atomic mass is 16.4. The minimum absolute atomic E-state index is 0.0325. The first kappa shape index (κ1) is 23.6. The van der Waals surface area contributed by atoms with Crippen LogP contribution in [-0.4, -0.2) is 22.3 Å². The molecule has 4 fully saturated rings. The molecule has 184 valence electrons. The molecule has 0 aromatic carbocycles. The number of hydrogen-bond acceptors (Lipinski definition) is 2. The van der Waals surface area contributed by atoms with Gasteiger partial charge in [-0.2, -0.15) is 0 Å². The summed E-state index contributed by atoms with van der Waals surface area (Å²) in [7, 11) is 0. The van der Waals surface area contributed by atoms with Gasteiger partial charge in [-0.25, -0.2) is 0 Å². The summed E-state index contributed by atoms with van der Waals surface area (Å²) < 4.78 is 0. The Morgan fingerprint density at radius 2 is 1.70 bits per heavy atom. The van der Waals surface area contributed by atoms with Gasteiger partial charge in [-0.05, 0) is 110 Å². The SMILES string of the molecule is C=C1CC[C@]2(C)CC[C@]3(C)C(=CC[C@@H]4[C@@]5(C)CCC(O)C(C)(C(=O)O)C5CC[C@]43C)[C@@H]2[C@H]1C. The Hall–Kier alpha value is -1.09. The van der Waals surface area contributed by atoms with Crippen LogP contribution in [0.3, 0.4) is 0 Å². The molecule has 0 aromatic rings. The monoisotopic (exact) mass is 454 g/mol. The van der Waals surface area contributed by atoms with Crippen molar-refractivity contribution in [2.45, 2.75) is 105 Å². The van der Waals surface area contributed by atoms with Crippen LogP contribution in [0.5, 0.6) is 0 Å². The molecule has 2 N–H and O–H groups in total. The smallest absolute Gasteiger partial charge is 0.312 e. The van der Waals surface area contributed by atoms with E-state index in [1.165, 1.54) is 31.3 Å². The van der Waals surface area contributed by atoms with Crippen LogP contribution in [0.1, 0.15) is 99.3 Å². The molecule has 3 heteroatoms. The number of fused-ring (bicyclic) bond motifs is 7. The Morgan fingerprint density at radius 3 is 2.36 bits per heavy atom. The van der Waals surface area contributed by atoms with E-state index in [0.29, 0.717) is 29.6 Å². The first-order valence-corrected chi connectivity index (χ1v) is 13.6. The first-order chi connectivity index (χ1) is 15.3. The summed E-state index contributed by atoms with van der Waals surface area (Å²) in [6, 6.07) is 0. The Kier molecular flexibility index (Phi) is 5.01. The van der Waals surface area contributed by atoms with E-state index in [1.807, 2.05) is 6.92 Å². The van der Waals surface area contributed by atoms with Crippen LogP contribution < -0.4 is 0 Å². The standard InChI is InChI=1S/C30H46O3/c1-18-10-13-26(3)16-17-28(5)20(24(26)19(18)2)8-9-21-27(4)14-12-23(31)30(7,25(32)33)22(27)11-15-29(21,28)6/h8,19,21-24,31H,1,9-17H2,2-7H3,(H,32,33)/t19-,21+,22?,23?,24-,26+,27+,28+,29+,30?/m0/s1. The largest absolute Gasteiger partial charge is 0.481 e. The van der Waals surface area contributed by atoms with Gasteiger partial charge >= 0.3 is 5.97 Å². The molecule has 5 rings (SSSR count). The molecular weight excluding hydrogens is 408 g/mol. The highest BCUT2D eigenvalue weighted by Gasteiger charge is 2.69. The van der Waals surface area contributed by atoms with Crippen molar-refractivity contribution >= 4 is 5.97 Å². The van der Waals surface area contributed by atoms with Gasteiger partial charge < -0.3 is 10.2 Å². The molecule has 0 radical (unpaired) electrons. The molecule has 4 saturated carbocycles. The molecule has 33 heavy (non-hydrogen) atoms. The molecule has 0 spiro atoms. The van der Waals surface area contributed by atoms with Crippen LogP contribution >= 0.6 is 0 Å². The molecule has 0 bridgehead atoms. The van der Waals surface area contributed by atoms with Gasteiger partial charge in [0.05, 0.1) is 11.5 Å². The van der Waals surface area contributed by atoms with Gasteiger partial charge in [0.25, 0.3) is 0 Å². The van der Waals surface area contributed by atoms with Crippen LogP contribution in [0.2, 0.25) is 0 Å². The molecule has 0 aromatic heterocycles. The van der Waals surface area contributed by atoms with Crippen molar-refractivity contribution in [2.75, 3.05) is 0 Å². The Bertz CT molecular complexity index is 920. The lowest BCUT2D eigenvalue weighted by Crippen LogP contribution is -2.66. The fraction of sp³-hybridized carbons (Fsp3) is 0.833. The van der Waals surface area contributed by atoms with Gasteiger partial charge in [0.1, 0.15) is 0 Å². The van der Waals surface area contributed by atoms with Crippen LogP contribution in [0.25, 0.3) is 0 Å². The number of rotatable bonds is 1. The van der Waals surface area contributed by atoms with E-state index >= 15 is 0 Å². The summed E-state index contributed by atoms with van der Waals surface area (Å²) in [6.07, 6.45) is 11.4. The second-order valence-electron chi connectivity index (χ2n) is 14.0. The summed E-state index contributed by atoms with van der Waals surface area (Å²) in [5.41, 5.74) is 2.77. The van der Waals surface area contributed by atoms with Crippen molar-refractivity contribution in [1.82, 2.24) is 0 Å². The van der Waals surface area contributed by atoms with Crippen molar-refractivity contribution in [2.24, 2.45) is 50.7 Å². The Balaban J connectivity index is 1.60. The summed E-state index contributed by atoms with van der Waals surface area (Å²) in [4.78, 5) is 12.5. The average molecular weight is 455 g/mol. The van der Waals surface area contributed by atoms with Crippen molar-refractivity contribution in [3.05, 3.63) is 23.8 Å². The normalized spacial score (nSPS) is 56.0. The highest BCUT2D eigenvalue weighted by Crippen LogP contribution is 2.75. The maximum absolute atomic E-state index is 12.5. The number of carbonyl (C=O) groups is 1. The Labute approximate surface area is 201 Å². The maximum Gasteiger partial charge on any atom is 0.312 e.